The molecule has 0 saturated carbocycles. The van der Waals surface area contributed by atoms with Crippen LogP contribution < -0.4 is 11.1 Å². The number of anilines is 1. The van der Waals surface area contributed by atoms with E-state index >= 15 is 0 Å². The maximum Gasteiger partial charge on any atom is 0.275 e. The number of hydrogen-bond acceptors (Lipinski definition) is 5. The van der Waals surface area contributed by atoms with Gasteiger partial charge in [0.25, 0.3) is 11.8 Å². The summed E-state index contributed by atoms with van der Waals surface area (Å²) in [6, 6.07) is 10.1. The highest BCUT2D eigenvalue weighted by Gasteiger charge is 2.15. The largest absolute Gasteiger partial charge is 0.462 e. The lowest BCUT2D eigenvalue weighted by Crippen LogP contribution is -2.18. The average Bonchev–Trinajstić information content (AvgIpc) is 3.18. The number of carbonyl (C=O) groups is 2. The first-order valence-electron chi connectivity index (χ1n) is 6.35. The molecule has 3 rings (SSSR count). The summed E-state index contributed by atoms with van der Waals surface area (Å²) in [5.74, 6) is -0.421. The first-order chi connectivity index (χ1) is 10.6. The Morgan fingerprint density at radius 3 is 2.73 bits per heavy atom. The van der Waals surface area contributed by atoms with Gasteiger partial charge in [-0.15, -0.1) is 11.3 Å². The third-order valence-electron chi connectivity index (χ3n) is 2.91. The number of primary amides is 1. The Morgan fingerprint density at radius 1 is 1.18 bits per heavy atom. The molecule has 0 aliphatic carbocycles. The van der Waals surface area contributed by atoms with Gasteiger partial charge in [0.2, 0.25) is 0 Å². The number of furan rings is 1. The molecule has 110 valence electrons. The molecule has 0 radical (unpaired) electrons. The van der Waals surface area contributed by atoms with Crippen LogP contribution in [-0.2, 0) is 0 Å². The van der Waals surface area contributed by atoms with Crippen molar-refractivity contribution in [3.8, 4) is 10.8 Å². The van der Waals surface area contributed by atoms with E-state index in [-0.39, 0.29) is 11.3 Å². The number of benzene rings is 1. The molecular weight excluding hydrogens is 302 g/mol. The van der Waals surface area contributed by atoms with Crippen molar-refractivity contribution in [2.24, 2.45) is 5.73 Å². The second-order valence-corrected chi connectivity index (χ2v) is 5.24. The Morgan fingerprint density at radius 2 is 2.00 bits per heavy atom. The zero-order valence-corrected chi connectivity index (χ0v) is 12.1. The van der Waals surface area contributed by atoms with E-state index < -0.39 is 11.8 Å². The molecule has 1 aromatic carbocycles. The maximum atomic E-state index is 12.2. The Hall–Kier alpha value is -2.93. The summed E-state index contributed by atoms with van der Waals surface area (Å²) >= 11 is 1.30. The van der Waals surface area contributed by atoms with Crippen LogP contribution in [0, 0.1) is 0 Å². The minimum absolute atomic E-state index is 0.246. The Bertz CT molecular complexity index is 824. The van der Waals surface area contributed by atoms with Crippen molar-refractivity contribution in [2.75, 3.05) is 5.32 Å². The van der Waals surface area contributed by atoms with Gasteiger partial charge in [-0.3, -0.25) is 9.59 Å². The number of amides is 2. The summed E-state index contributed by atoms with van der Waals surface area (Å²) in [4.78, 5) is 27.8. The van der Waals surface area contributed by atoms with Crippen LogP contribution in [0.5, 0.6) is 0 Å². The zero-order valence-electron chi connectivity index (χ0n) is 11.3. The third kappa shape index (κ3) is 2.75. The fourth-order valence-corrected chi connectivity index (χ4v) is 2.65. The SMILES string of the molecule is NC(=O)c1ccccc1NC(=O)c1csc(-c2ccco2)n1. The highest BCUT2D eigenvalue weighted by Crippen LogP contribution is 2.24. The quantitative estimate of drug-likeness (QED) is 0.773. The van der Waals surface area contributed by atoms with Crippen LogP contribution in [0.2, 0.25) is 0 Å². The summed E-state index contributed by atoms with van der Waals surface area (Å²) < 4.78 is 5.24. The number of carbonyl (C=O) groups excluding carboxylic acids is 2. The third-order valence-corrected chi connectivity index (χ3v) is 3.77. The van der Waals surface area contributed by atoms with Crippen molar-refractivity contribution in [3.63, 3.8) is 0 Å². The molecule has 6 nitrogen and oxygen atoms in total. The number of hydrogen-bond donors (Lipinski definition) is 2. The fourth-order valence-electron chi connectivity index (χ4n) is 1.88. The van der Waals surface area contributed by atoms with Gasteiger partial charge < -0.3 is 15.5 Å². The van der Waals surface area contributed by atoms with Crippen molar-refractivity contribution < 1.29 is 14.0 Å². The molecule has 0 saturated heterocycles. The van der Waals surface area contributed by atoms with Crippen molar-refractivity contribution in [3.05, 3.63) is 59.3 Å². The van der Waals surface area contributed by atoms with Crippen molar-refractivity contribution in [2.45, 2.75) is 0 Å². The number of thiazole rings is 1. The molecule has 0 bridgehead atoms. The molecule has 22 heavy (non-hydrogen) atoms. The van der Waals surface area contributed by atoms with Gasteiger partial charge >= 0.3 is 0 Å². The summed E-state index contributed by atoms with van der Waals surface area (Å²) in [6.45, 7) is 0. The number of nitrogens with one attached hydrogen (secondary N) is 1. The molecule has 3 aromatic rings. The summed E-state index contributed by atoms with van der Waals surface area (Å²) in [5.41, 5.74) is 6.13. The van der Waals surface area contributed by atoms with Crippen LogP contribution in [0.15, 0.2) is 52.5 Å². The number of para-hydroxylation sites is 1. The predicted octanol–water partition coefficient (Wildman–Crippen LogP) is 2.75. The van der Waals surface area contributed by atoms with Crippen LogP contribution in [0.1, 0.15) is 20.8 Å². The standard InChI is InChI=1S/C15H11N3O3S/c16-13(19)9-4-1-2-5-10(9)17-14(20)11-8-22-15(18-11)12-6-3-7-21-12/h1-8H,(H2,16,19)(H,17,20). The highest BCUT2D eigenvalue weighted by atomic mass is 32.1. The number of nitrogens with two attached hydrogens (primary N) is 1. The van der Waals surface area contributed by atoms with Crippen LogP contribution in [-0.4, -0.2) is 16.8 Å². The molecule has 0 aliphatic rings. The van der Waals surface area contributed by atoms with E-state index in [0.717, 1.165) is 0 Å². The van der Waals surface area contributed by atoms with Crippen molar-refractivity contribution >= 4 is 28.8 Å². The second kappa shape index (κ2) is 5.82. The van der Waals surface area contributed by atoms with E-state index in [0.29, 0.717) is 16.5 Å². The van der Waals surface area contributed by atoms with Crippen LogP contribution in [0.25, 0.3) is 10.8 Å². The monoisotopic (exact) mass is 313 g/mol. The molecule has 0 unspecified atom stereocenters. The second-order valence-electron chi connectivity index (χ2n) is 4.38. The first-order valence-corrected chi connectivity index (χ1v) is 7.22. The zero-order chi connectivity index (χ0) is 15.5. The van der Waals surface area contributed by atoms with E-state index in [1.807, 2.05) is 0 Å². The molecule has 2 heterocycles. The predicted molar refractivity (Wildman–Crippen MR) is 82.7 cm³/mol. The lowest BCUT2D eigenvalue weighted by atomic mass is 10.1. The molecule has 7 heteroatoms. The van der Waals surface area contributed by atoms with Gasteiger partial charge in [-0.1, -0.05) is 12.1 Å². The molecule has 2 amide bonds. The molecule has 3 N–H and O–H groups in total. The van der Waals surface area contributed by atoms with Gasteiger partial charge in [-0.2, -0.15) is 0 Å². The first kappa shape index (κ1) is 14.0. The van der Waals surface area contributed by atoms with Crippen LogP contribution in [0.3, 0.4) is 0 Å². The van der Waals surface area contributed by atoms with Gasteiger partial charge in [0.15, 0.2) is 10.8 Å². The highest BCUT2D eigenvalue weighted by molar-refractivity contribution is 7.13. The Balaban J connectivity index is 1.82. The lowest BCUT2D eigenvalue weighted by molar-refractivity contribution is 0.100. The minimum Gasteiger partial charge on any atom is -0.462 e. The van der Waals surface area contributed by atoms with Crippen LogP contribution in [0.4, 0.5) is 5.69 Å². The van der Waals surface area contributed by atoms with E-state index in [1.54, 1.807) is 48.0 Å². The molecule has 0 spiro atoms. The van der Waals surface area contributed by atoms with E-state index in [4.69, 9.17) is 10.2 Å². The lowest BCUT2D eigenvalue weighted by Gasteiger charge is -2.07. The molecule has 0 fully saturated rings. The minimum atomic E-state index is -0.606. The van der Waals surface area contributed by atoms with Gasteiger partial charge in [-0.25, -0.2) is 4.98 Å². The molecular formula is C15H11N3O3S. The summed E-state index contributed by atoms with van der Waals surface area (Å²) in [6.07, 6.45) is 1.54. The summed E-state index contributed by atoms with van der Waals surface area (Å²) in [7, 11) is 0. The topological polar surface area (TPSA) is 98.2 Å². The Labute approximate surface area is 129 Å². The van der Waals surface area contributed by atoms with E-state index in [1.165, 1.54) is 11.3 Å². The summed E-state index contributed by atoms with van der Waals surface area (Å²) in [5, 5.41) is 4.88. The number of aromatic nitrogens is 1. The molecule has 2 aromatic heterocycles. The number of rotatable bonds is 4. The van der Waals surface area contributed by atoms with E-state index in [2.05, 4.69) is 10.3 Å². The molecule has 0 atom stereocenters. The average molecular weight is 313 g/mol. The van der Waals surface area contributed by atoms with Gasteiger partial charge in [0.05, 0.1) is 17.5 Å². The van der Waals surface area contributed by atoms with Crippen LogP contribution >= 0.6 is 11.3 Å². The van der Waals surface area contributed by atoms with E-state index in [9.17, 15) is 9.59 Å². The van der Waals surface area contributed by atoms with Gasteiger partial charge in [-0.05, 0) is 24.3 Å². The van der Waals surface area contributed by atoms with Gasteiger partial charge in [0, 0.05) is 5.38 Å². The fraction of sp³-hybridized carbons (Fsp3) is 0. The van der Waals surface area contributed by atoms with Crippen molar-refractivity contribution in [1.29, 1.82) is 0 Å². The smallest absolute Gasteiger partial charge is 0.275 e. The van der Waals surface area contributed by atoms with Crippen molar-refractivity contribution in [1.82, 2.24) is 4.98 Å². The van der Waals surface area contributed by atoms with Gasteiger partial charge in [0.1, 0.15) is 5.69 Å². The number of nitrogens with zero attached hydrogens (tertiary/aromatic N) is 1. The molecule has 0 aliphatic heterocycles. The maximum absolute atomic E-state index is 12.2. The normalized spacial score (nSPS) is 10.4. The Kier molecular flexibility index (Phi) is 3.71.